The Morgan fingerprint density at radius 3 is 2.70 bits per heavy atom. The number of carbonyl (C=O) groups is 1. The van der Waals surface area contributed by atoms with Crippen LogP contribution in [-0.2, 0) is 16.1 Å². The number of carbonyl (C=O) groups excluding carboxylic acids is 1. The van der Waals surface area contributed by atoms with Crippen LogP contribution in [0.25, 0.3) is 6.08 Å². The third-order valence-corrected chi connectivity index (χ3v) is 7.92. The summed E-state index contributed by atoms with van der Waals surface area (Å²) in [4.78, 5) is 42.6. The van der Waals surface area contributed by atoms with E-state index < -0.39 is 16.9 Å². The van der Waals surface area contributed by atoms with Gasteiger partial charge in [-0.05, 0) is 73.0 Å². The second-order valence-electron chi connectivity index (χ2n) is 9.70. The van der Waals surface area contributed by atoms with Crippen LogP contribution >= 0.6 is 11.3 Å². The van der Waals surface area contributed by atoms with Gasteiger partial charge >= 0.3 is 5.97 Å². The first kappa shape index (κ1) is 27.9. The minimum atomic E-state index is -0.775. The van der Waals surface area contributed by atoms with Crippen molar-refractivity contribution >= 4 is 29.1 Å². The van der Waals surface area contributed by atoms with E-state index in [1.165, 1.54) is 28.0 Å². The van der Waals surface area contributed by atoms with Gasteiger partial charge in [-0.25, -0.2) is 9.79 Å². The van der Waals surface area contributed by atoms with Crippen molar-refractivity contribution in [2.45, 2.75) is 26.5 Å². The van der Waals surface area contributed by atoms with Crippen LogP contribution in [0, 0.1) is 10.1 Å². The number of non-ortho nitro benzene ring substituents is 1. The lowest BCUT2D eigenvalue weighted by atomic mass is 9.95. The molecular formula is C31H25N3O8S. The smallest absolute Gasteiger partial charge is 0.338 e. The number of fused-ring (bicyclic) bond motifs is 2. The summed E-state index contributed by atoms with van der Waals surface area (Å²) in [5.41, 5.74) is 2.62. The molecule has 3 heterocycles. The number of hydrogen-bond acceptors (Lipinski definition) is 10. The number of benzene rings is 3. The molecule has 2 aliphatic heterocycles. The third-order valence-electron chi connectivity index (χ3n) is 6.94. The summed E-state index contributed by atoms with van der Waals surface area (Å²) < 4.78 is 24.2. The van der Waals surface area contributed by atoms with Crippen LogP contribution in [0.3, 0.4) is 0 Å². The number of nitro groups is 1. The Morgan fingerprint density at radius 1 is 1.14 bits per heavy atom. The number of nitro benzene ring substituents is 1. The fourth-order valence-corrected chi connectivity index (χ4v) is 5.96. The molecule has 4 aromatic rings. The van der Waals surface area contributed by atoms with Crippen molar-refractivity contribution in [1.82, 2.24) is 4.57 Å². The van der Waals surface area contributed by atoms with Crippen LogP contribution in [0.4, 0.5) is 5.69 Å². The monoisotopic (exact) mass is 599 g/mol. The molecule has 0 saturated heterocycles. The number of rotatable bonds is 8. The van der Waals surface area contributed by atoms with E-state index in [0.717, 1.165) is 11.1 Å². The second kappa shape index (κ2) is 11.6. The van der Waals surface area contributed by atoms with Crippen molar-refractivity contribution in [3.05, 3.63) is 124 Å². The molecule has 0 aliphatic carbocycles. The van der Waals surface area contributed by atoms with Crippen molar-refractivity contribution in [1.29, 1.82) is 0 Å². The minimum Gasteiger partial charge on any atom is -0.489 e. The van der Waals surface area contributed by atoms with Gasteiger partial charge in [0.2, 0.25) is 6.79 Å². The Balaban J connectivity index is 1.35. The molecule has 12 heteroatoms. The molecule has 3 aromatic carbocycles. The number of hydrogen-bond donors (Lipinski definition) is 0. The van der Waals surface area contributed by atoms with Crippen LogP contribution in [0.15, 0.2) is 87.8 Å². The van der Waals surface area contributed by atoms with Gasteiger partial charge in [0.15, 0.2) is 16.3 Å². The van der Waals surface area contributed by atoms with Gasteiger partial charge in [-0.1, -0.05) is 29.5 Å². The SMILES string of the molecule is CCOC(=O)C1=C(C)N=c2s/c(=C\c3cccc(OCc4ccc([N+](=O)[O-])cc4)c3)c(=O)n2C1c1ccc2c(c1)OCO2. The second-order valence-corrected chi connectivity index (χ2v) is 10.7. The van der Waals surface area contributed by atoms with Crippen molar-refractivity contribution < 1.29 is 28.7 Å². The molecule has 0 bridgehead atoms. The predicted octanol–water partition coefficient (Wildman–Crippen LogP) is 4.01. The molecule has 2 aliphatic rings. The molecule has 6 rings (SSSR count). The molecule has 43 heavy (non-hydrogen) atoms. The first-order valence-electron chi connectivity index (χ1n) is 13.4. The van der Waals surface area contributed by atoms with Crippen LogP contribution in [0.2, 0.25) is 0 Å². The van der Waals surface area contributed by atoms with E-state index in [-0.39, 0.29) is 36.8 Å². The fourth-order valence-electron chi connectivity index (χ4n) is 4.92. The van der Waals surface area contributed by atoms with Gasteiger partial charge < -0.3 is 18.9 Å². The summed E-state index contributed by atoms with van der Waals surface area (Å²) in [6.45, 7) is 3.95. The number of nitrogens with zero attached hydrogens (tertiary/aromatic N) is 3. The highest BCUT2D eigenvalue weighted by Crippen LogP contribution is 2.38. The van der Waals surface area contributed by atoms with Gasteiger partial charge in [-0.2, -0.15) is 0 Å². The van der Waals surface area contributed by atoms with Gasteiger partial charge in [-0.3, -0.25) is 19.5 Å². The number of allylic oxidation sites excluding steroid dienone is 1. The minimum absolute atomic E-state index is 0.0116. The highest BCUT2D eigenvalue weighted by Gasteiger charge is 2.34. The Kier molecular flexibility index (Phi) is 7.51. The van der Waals surface area contributed by atoms with E-state index in [9.17, 15) is 19.7 Å². The van der Waals surface area contributed by atoms with Gasteiger partial charge in [-0.15, -0.1) is 0 Å². The molecule has 1 unspecified atom stereocenters. The van der Waals surface area contributed by atoms with E-state index in [4.69, 9.17) is 18.9 Å². The molecule has 0 saturated carbocycles. The Hall–Kier alpha value is -5.23. The number of aromatic nitrogens is 1. The molecule has 218 valence electrons. The van der Waals surface area contributed by atoms with E-state index in [0.29, 0.717) is 37.8 Å². The Bertz CT molecular complexity index is 1960. The van der Waals surface area contributed by atoms with E-state index in [1.807, 2.05) is 12.1 Å². The summed E-state index contributed by atoms with van der Waals surface area (Å²) in [6, 6.07) is 18.0. The standard InChI is InChI=1S/C31H25N3O8S/c1-3-39-30(36)27-18(2)32-31-33(28(27)21-9-12-24-25(15-21)42-17-41-24)29(35)26(43-31)14-20-5-4-6-23(13-20)40-16-19-7-10-22(11-8-19)34(37)38/h4-15,28H,3,16-17H2,1-2H3/b26-14-. The first-order chi connectivity index (χ1) is 20.8. The molecule has 0 amide bonds. The van der Waals surface area contributed by atoms with Gasteiger partial charge in [0.25, 0.3) is 11.2 Å². The topological polar surface area (TPSA) is 131 Å². The summed E-state index contributed by atoms with van der Waals surface area (Å²) in [7, 11) is 0. The van der Waals surface area contributed by atoms with Crippen LogP contribution < -0.4 is 29.1 Å². The molecule has 0 fully saturated rings. The lowest BCUT2D eigenvalue weighted by molar-refractivity contribution is -0.384. The summed E-state index contributed by atoms with van der Waals surface area (Å²) in [5, 5.41) is 10.9. The average Bonchev–Trinajstić information content (AvgIpc) is 3.59. The van der Waals surface area contributed by atoms with Gasteiger partial charge in [0.1, 0.15) is 12.4 Å². The molecular weight excluding hydrogens is 574 g/mol. The van der Waals surface area contributed by atoms with Crippen molar-refractivity contribution in [3.63, 3.8) is 0 Å². The maximum absolute atomic E-state index is 13.9. The number of thiazole rings is 1. The molecule has 0 radical (unpaired) electrons. The zero-order valence-electron chi connectivity index (χ0n) is 23.1. The van der Waals surface area contributed by atoms with Crippen molar-refractivity contribution in [2.75, 3.05) is 13.4 Å². The Morgan fingerprint density at radius 2 is 1.93 bits per heavy atom. The summed E-state index contributed by atoms with van der Waals surface area (Å²) in [5.74, 6) is 1.14. The lowest BCUT2D eigenvalue weighted by Gasteiger charge is -2.24. The fraction of sp³-hybridized carbons (Fsp3) is 0.194. The zero-order chi connectivity index (χ0) is 30.1. The molecule has 1 atom stereocenters. The van der Waals surface area contributed by atoms with E-state index in [2.05, 4.69) is 4.99 Å². The van der Waals surface area contributed by atoms with Crippen LogP contribution in [0.1, 0.15) is 36.6 Å². The summed E-state index contributed by atoms with van der Waals surface area (Å²) in [6.07, 6.45) is 1.75. The quantitative estimate of drug-likeness (QED) is 0.169. The van der Waals surface area contributed by atoms with Crippen LogP contribution in [-0.4, -0.2) is 28.9 Å². The normalized spacial score (nSPS) is 15.6. The molecule has 11 nitrogen and oxygen atoms in total. The van der Waals surface area contributed by atoms with E-state index >= 15 is 0 Å². The highest BCUT2D eigenvalue weighted by molar-refractivity contribution is 7.07. The zero-order valence-corrected chi connectivity index (χ0v) is 24.0. The Labute approximate surface area is 248 Å². The average molecular weight is 600 g/mol. The molecule has 0 spiro atoms. The molecule has 0 N–H and O–H groups in total. The maximum Gasteiger partial charge on any atom is 0.338 e. The van der Waals surface area contributed by atoms with Gasteiger partial charge in [0, 0.05) is 12.1 Å². The lowest BCUT2D eigenvalue weighted by Crippen LogP contribution is -2.39. The predicted molar refractivity (Wildman–Crippen MR) is 157 cm³/mol. The van der Waals surface area contributed by atoms with Crippen LogP contribution in [0.5, 0.6) is 17.2 Å². The van der Waals surface area contributed by atoms with Crippen molar-refractivity contribution in [2.24, 2.45) is 4.99 Å². The third kappa shape index (κ3) is 5.52. The maximum atomic E-state index is 13.9. The number of ether oxygens (including phenoxy) is 4. The molecule has 1 aromatic heterocycles. The summed E-state index contributed by atoms with van der Waals surface area (Å²) >= 11 is 1.22. The highest BCUT2D eigenvalue weighted by atomic mass is 32.1. The largest absolute Gasteiger partial charge is 0.489 e. The number of esters is 1. The van der Waals surface area contributed by atoms with Gasteiger partial charge in [0.05, 0.1) is 33.4 Å². The van der Waals surface area contributed by atoms with Crippen molar-refractivity contribution in [3.8, 4) is 17.2 Å². The van der Waals surface area contributed by atoms with E-state index in [1.54, 1.807) is 62.4 Å². The first-order valence-corrected chi connectivity index (χ1v) is 14.2.